The molecule has 0 saturated carbocycles. The highest BCUT2D eigenvalue weighted by molar-refractivity contribution is 5.32. The summed E-state index contributed by atoms with van der Waals surface area (Å²) in [5.41, 5.74) is 2.45. The van der Waals surface area contributed by atoms with E-state index in [-0.39, 0.29) is 5.82 Å². The molecule has 0 aliphatic heterocycles. The van der Waals surface area contributed by atoms with E-state index in [2.05, 4.69) is 5.32 Å². The lowest BCUT2D eigenvalue weighted by atomic mass is 9.88. The number of hydrogen-bond donors (Lipinski definition) is 1. The van der Waals surface area contributed by atoms with Crippen molar-refractivity contribution >= 4 is 0 Å². The number of aryl methyl sites for hydroxylation is 1. The van der Waals surface area contributed by atoms with Crippen LogP contribution in [-0.4, -0.2) is 7.05 Å². The van der Waals surface area contributed by atoms with Crippen molar-refractivity contribution in [2.45, 2.75) is 25.3 Å². The summed E-state index contributed by atoms with van der Waals surface area (Å²) in [4.78, 5) is 0. The van der Waals surface area contributed by atoms with Crippen molar-refractivity contribution in [3.8, 4) is 0 Å². The lowest BCUT2D eigenvalue weighted by Gasteiger charge is -2.24. The molecule has 0 spiro atoms. The van der Waals surface area contributed by atoms with Crippen molar-refractivity contribution in [1.29, 1.82) is 0 Å². The highest BCUT2D eigenvalue weighted by Gasteiger charge is 2.18. The molecule has 0 bridgehead atoms. The maximum absolute atomic E-state index is 12.9. The first-order chi connectivity index (χ1) is 6.31. The molecule has 0 fully saturated rings. The van der Waals surface area contributed by atoms with Gasteiger partial charge in [-0.15, -0.1) is 0 Å². The number of fused-ring (bicyclic) bond motifs is 1. The largest absolute Gasteiger partial charge is 0.313 e. The fraction of sp³-hybridized carbons (Fsp3) is 0.455. The van der Waals surface area contributed by atoms with Gasteiger partial charge in [-0.1, -0.05) is 6.07 Å². The Bertz CT molecular complexity index is 309. The number of benzene rings is 1. The fourth-order valence-corrected chi connectivity index (χ4v) is 2.08. The Morgan fingerprint density at radius 3 is 3.08 bits per heavy atom. The lowest BCUT2D eigenvalue weighted by molar-refractivity contribution is 0.493. The predicted octanol–water partition coefficient (Wildman–Crippen LogP) is 2.42. The summed E-state index contributed by atoms with van der Waals surface area (Å²) in [6.07, 6.45) is 3.34. The minimum atomic E-state index is -0.115. The Balaban J connectivity index is 2.40. The first kappa shape index (κ1) is 8.70. The van der Waals surface area contributed by atoms with Crippen LogP contribution in [0, 0.1) is 5.82 Å². The molecule has 0 aromatic heterocycles. The zero-order valence-corrected chi connectivity index (χ0v) is 7.81. The SMILES string of the molecule is CN[C@@H]1CCCc2cc(F)ccc21. The zero-order valence-electron chi connectivity index (χ0n) is 7.81. The molecule has 13 heavy (non-hydrogen) atoms. The maximum atomic E-state index is 12.9. The van der Waals surface area contributed by atoms with Gasteiger partial charge in [0.1, 0.15) is 5.82 Å². The molecule has 0 heterocycles. The van der Waals surface area contributed by atoms with Crippen molar-refractivity contribution in [2.75, 3.05) is 7.05 Å². The van der Waals surface area contributed by atoms with Crippen LogP contribution < -0.4 is 5.32 Å². The Morgan fingerprint density at radius 2 is 2.31 bits per heavy atom. The van der Waals surface area contributed by atoms with Crippen LogP contribution in [0.3, 0.4) is 0 Å². The summed E-state index contributed by atoms with van der Waals surface area (Å²) in [7, 11) is 1.96. The van der Waals surface area contributed by atoms with Crippen molar-refractivity contribution < 1.29 is 4.39 Å². The van der Waals surface area contributed by atoms with Gasteiger partial charge in [-0.05, 0) is 49.6 Å². The van der Waals surface area contributed by atoms with E-state index >= 15 is 0 Å². The third-order valence-corrected chi connectivity index (χ3v) is 2.77. The van der Waals surface area contributed by atoms with Gasteiger partial charge >= 0.3 is 0 Å². The summed E-state index contributed by atoms with van der Waals surface area (Å²) in [6.45, 7) is 0. The Labute approximate surface area is 78.0 Å². The minimum Gasteiger partial charge on any atom is -0.313 e. The highest BCUT2D eigenvalue weighted by atomic mass is 19.1. The van der Waals surface area contributed by atoms with E-state index < -0.39 is 0 Å². The molecule has 1 aromatic rings. The Kier molecular flexibility index (Phi) is 2.32. The van der Waals surface area contributed by atoms with Gasteiger partial charge in [0.2, 0.25) is 0 Å². The van der Waals surface area contributed by atoms with E-state index in [1.807, 2.05) is 13.1 Å². The second kappa shape index (κ2) is 3.46. The van der Waals surface area contributed by atoms with Crippen LogP contribution >= 0.6 is 0 Å². The normalized spacial score (nSPS) is 21.2. The van der Waals surface area contributed by atoms with Gasteiger partial charge in [0.05, 0.1) is 0 Å². The molecule has 0 saturated heterocycles. The first-order valence-electron chi connectivity index (χ1n) is 4.77. The highest BCUT2D eigenvalue weighted by Crippen LogP contribution is 2.29. The molecular formula is C11H14FN. The standard InChI is InChI=1S/C11H14FN/c1-13-11-4-2-3-8-7-9(12)5-6-10(8)11/h5-7,11,13H,2-4H2,1H3/t11-/m1/s1. The number of halogens is 1. The lowest BCUT2D eigenvalue weighted by Crippen LogP contribution is -2.21. The minimum absolute atomic E-state index is 0.115. The van der Waals surface area contributed by atoms with Crippen LogP contribution in [0.15, 0.2) is 18.2 Å². The topological polar surface area (TPSA) is 12.0 Å². The predicted molar refractivity (Wildman–Crippen MR) is 51.1 cm³/mol. The van der Waals surface area contributed by atoms with E-state index in [0.29, 0.717) is 6.04 Å². The number of rotatable bonds is 1. The molecule has 1 aliphatic carbocycles. The average molecular weight is 179 g/mol. The summed E-state index contributed by atoms with van der Waals surface area (Å²) in [5, 5.41) is 3.26. The third-order valence-electron chi connectivity index (χ3n) is 2.77. The molecule has 1 aliphatic rings. The third kappa shape index (κ3) is 1.59. The number of hydrogen-bond acceptors (Lipinski definition) is 1. The Hall–Kier alpha value is -0.890. The molecular weight excluding hydrogens is 165 g/mol. The summed E-state index contributed by atoms with van der Waals surface area (Å²) >= 11 is 0. The van der Waals surface area contributed by atoms with Crippen molar-refractivity contribution in [3.63, 3.8) is 0 Å². The smallest absolute Gasteiger partial charge is 0.123 e. The summed E-state index contributed by atoms with van der Waals surface area (Å²) in [5.74, 6) is -0.115. The van der Waals surface area contributed by atoms with E-state index in [1.165, 1.54) is 11.1 Å². The molecule has 0 unspecified atom stereocenters. The van der Waals surface area contributed by atoms with Crippen LogP contribution in [0.4, 0.5) is 4.39 Å². The van der Waals surface area contributed by atoms with Crippen molar-refractivity contribution in [1.82, 2.24) is 5.32 Å². The monoisotopic (exact) mass is 179 g/mol. The molecule has 2 rings (SSSR count). The fourth-order valence-electron chi connectivity index (χ4n) is 2.08. The Morgan fingerprint density at radius 1 is 1.46 bits per heavy atom. The van der Waals surface area contributed by atoms with Crippen molar-refractivity contribution in [2.24, 2.45) is 0 Å². The van der Waals surface area contributed by atoms with Gasteiger partial charge in [-0.25, -0.2) is 4.39 Å². The molecule has 1 N–H and O–H groups in total. The summed E-state index contributed by atoms with van der Waals surface area (Å²) in [6, 6.07) is 5.54. The molecule has 2 heteroatoms. The van der Waals surface area contributed by atoms with E-state index in [1.54, 1.807) is 12.1 Å². The van der Waals surface area contributed by atoms with Crippen LogP contribution in [0.5, 0.6) is 0 Å². The van der Waals surface area contributed by atoms with Gasteiger partial charge < -0.3 is 5.32 Å². The van der Waals surface area contributed by atoms with Crippen molar-refractivity contribution in [3.05, 3.63) is 35.1 Å². The molecule has 1 nitrogen and oxygen atoms in total. The van der Waals surface area contributed by atoms with Gasteiger partial charge in [-0.3, -0.25) is 0 Å². The number of nitrogens with one attached hydrogen (secondary N) is 1. The van der Waals surface area contributed by atoms with Gasteiger partial charge in [0.25, 0.3) is 0 Å². The molecule has 1 aromatic carbocycles. The van der Waals surface area contributed by atoms with Gasteiger partial charge in [0.15, 0.2) is 0 Å². The second-order valence-electron chi connectivity index (χ2n) is 3.58. The molecule has 70 valence electrons. The van der Waals surface area contributed by atoms with E-state index in [4.69, 9.17) is 0 Å². The van der Waals surface area contributed by atoms with Gasteiger partial charge in [0, 0.05) is 6.04 Å². The first-order valence-corrected chi connectivity index (χ1v) is 4.77. The molecule has 0 radical (unpaired) electrons. The summed E-state index contributed by atoms with van der Waals surface area (Å²) < 4.78 is 12.9. The van der Waals surface area contributed by atoms with Gasteiger partial charge in [-0.2, -0.15) is 0 Å². The molecule has 0 amide bonds. The van der Waals surface area contributed by atoms with Crippen LogP contribution in [0.2, 0.25) is 0 Å². The van der Waals surface area contributed by atoms with Crippen LogP contribution in [0.25, 0.3) is 0 Å². The molecule has 1 atom stereocenters. The van der Waals surface area contributed by atoms with Crippen LogP contribution in [-0.2, 0) is 6.42 Å². The average Bonchev–Trinajstić information content (AvgIpc) is 2.16. The van der Waals surface area contributed by atoms with E-state index in [9.17, 15) is 4.39 Å². The maximum Gasteiger partial charge on any atom is 0.123 e. The quantitative estimate of drug-likeness (QED) is 0.698. The van der Waals surface area contributed by atoms with Crippen LogP contribution in [0.1, 0.15) is 30.0 Å². The second-order valence-corrected chi connectivity index (χ2v) is 3.58. The van der Waals surface area contributed by atoms with E-state index in [0.717, 1.165) is 19.3 Å². The zero-order chi connectivity index (χ0) is 9.26.